The number of nitrogens with zero attached hydrogens (tertiary/aromatic N) is 3. The third-order valence-electron chi connectivity index (χ3n) is 7.96. The summed E-state index contributed by atoms with van der Waals surface area (Å²) in [5.41, 5.74) is 0.554. The monoisotopic (exact) mass is 438 g/mol. The van der Waals surface area contributed by atoms with Crippen molar-refractivity contribution in [3.8, 4) is 0 Å². The molecule has 32 heavy (non-hydrogen) atoms. The van der Waals surface area contributed by atoms with Crippen molar-refractivity contribution in [3.05, 3.63) is 35.9 Å². The first-order valence-corrected chi connectivity index (χ1v) is 12.2. The summed E-state index contributed by atoms with van der Waals surface area (Å²) in [6, 6.07) is 9.97. The maximum Gasteiger partial charge on any atom is 0.325 e. The second kappa shape index (κ2) is 8.50. The molecule has 3 heterocycles. The summed E-state index contributed by atoms with van der Waals surface area (Å²) in [6.07, 6.45) is 4.88. The highest BCUT2D eigenvalue weighted by Crippen LogP contribution is 2.40. The van der Waals surface area contributed by atoms with Gasteiger partial charge in [0, 0.05) is 38.6 Å². The molecule has 1 spiro atoms. The Hall–Kier alpha value is -2.41. The van der Waals surface area contributed by atoms with Gasteiger partial charge in [-0.05, 0) is 50.0 Å². The molecule has 3 unspecified atom stereocenters. The van der Waals surface area contributed by atoms with Gasteiger partial charge in [-0.2, -0.15) is 0 Å². The van der Waals surface area contributed by atoms with Crippen LogP contribution in [0.5, 0.6) is 0 Å². The fourth-order valence-corrected chi connectivity index (χ4v) is 5.67. The first-order valence-electron chi connectivity index (χ1n) is 12.2. The van der Waals surface area contributed by atoms with Crippen LogP contribution in [0.2, 0.25) is 0 Å². The third kappa shape index (κ3) is 4.03. The third-order valence-corrected chi connectivity index (χ3v) is 7.96. The largest absolute Gasteiger partial charge is 0.340 e. The first-order chi connectivity index (χ1) is 15.5. The quantitative estimate of drug-likeness (QED) is 0.716. The molecule has 1 aromatic rings. The molecule has 0 bridgehead atoms. The minimum atomic E-state index is -0.766. The van der Waals surface area contributed by atoms with Crippen LogP contribution in [-0.2, 0) is 16.0 Å². The topological polar surface area (TPSA) is 73.0 Å². The summed E-state index contributed by atoms with van der Waals surface area (Å²) in [4.78, 5) is 44.8. The van der Waals surface area contributed by atoms with Gasteiger partial charge in [-0.3, -0.25) is 14.5 Å². The molecule has 4 aliphatic rings. The van der Waals surface area contributed by atoms with Crippen molar-refractivity contribution in [1.29, 1.82) is 0 Å². The van der Waals surface area contributed by atoms with E-state index >= 15 is 0 Å². The lowest BCUT2D eigenvalue weighted by atomic mass is 9.87. The molecule has 172 valence electrons. The molecule has 4 amide bonds. The number of hydrogen-bond acceptors (Lipinski definition) is 4. The number of hydrogen-bond donors (Lipinski definition) is 1. The number of imide groups is 1. The highest BCUT2D eigenvalue weighted by Gasteiger charge is 2.54. The zero-order chi connectivity index (χ0) is 22.3. The fourth-order valence-electron chi connectivity index (χ4n) is 5.67. The number of rotatable bonds is 5. The fraction of sp³-hybridized carbons (Fsp3) is 0.640. The average molecular weight is 439 g/mol. The maximum absolute atomic E-state index is 13.5. The Morgan fingerprint density at radius 1 is 1.12 bits per heavy atom. The van der Waals surface area contributed by atoms with Crippen LogP contribution in [0.3, 0.4) is 0 Å². The number of carbonyl (C=O) groups excluding carboxylic acids is 3. The number of nitrogens with one attached hydrogen (secondary N) is 1. The smallest absolute Gasteiger partial charge is 0.325 e. The molecule has 1 N–H and O–H groups in total. The summed E-state index contributed by atoms with van der Waals surface area (Å²) >= 11 is 0. The summed E-state index contributed by atoms with van der Waals surface area (Å²) in [5.74, 6) is 0.735. The normalized spacial score (nSPS) is 30.0. The molecule has 0 radical (unpaired) electrons. The predicted octanol–water partition coefficient (Wildman–Crippen LogP) is 2.26. The lowest BCUT2D eigenvalue weighted by molar-refractivity contribution is -0.140. The number of likely N-dealkylation sites (tertiary alicyclic amines) is 2. The van der Waals surface area contributed by atoms with Gasteiger partial charge in [0.1, 0.15) is 5.54 Å². The standard InChI is InChI=1S/C25H34N4O3/c1-18-16-21(18)22(30)28-12-5-8-20(17-28)29-23(31)25(26-24(29)32)10-14-27(15-11-25)13-9-19-6-3-2-4-7-19/h2-4,6-7,18,20-21H,5,8-17H2,1H3,(H,26,32). The van der Waals surface area contributed by atoms with Crippen molar-refractivity contribution < 1.29 is 14.4 Å². The van der Waals surface area contributed by atoms with Gasteiger partial charge in [0.05, 0.1) is 6.04 Å². The van der Waals surface area contributed by atoms with E-state index in [9.17, 15) is 14.4 Å². The summed E-state index contributed by atoms with van der Waals surface area (Å²) in [5, 5.41) is 3.05. The number of carbonyl (C=O) groups is 3. The van der Waals surface area contributed by atoms with Crippen molar-refractivity contribution in [3.63, 3.8) is 0 Å². The lowest BCUT2D eigenvalue weighted by Gasteiger charge is -2.39. The van der Waals surface area contributed by atoms with Gasteiger partial charge in [0.2, 0.25) is 5.91 Å². The van der Waals surface area contributed by atoms with Gasteiger partial charge in [0.25, 0.3) is 5.91 Å². The molecule has 3 atom stereocenters. The SMILES string of the molecule is CC1CC1C(=O)N1CCCC(N2C(=O)NC3(CCN(CCc4ccccc4)CC3)C2=O)C1. The van der Waals surface area contributed by atoms with Gasteiger partial charge in [0.15, 0.2) is 0 Å². The lowest BCUT2D eigenvalue weighted by Crippen LogP contribution is -2.56. The van der Waals surface area contributed by atoms with Crippen LogP contribution in [0.4, 0.5) is 4.79 Å². The second-order valence-electron chi connectivity index (χ2n) is 10.2. The van der Waals surface area contributed by atoms with Crippen LogP contribution < -0.4 is 5.32 Å². The molecule has 3 aliphatic heterocycles. The molecule has 3 saturated heterocycles. The zero-order valence-electron chi connectivity index (χ0n) is 19.0. The highest BCUT2D eigenvalue weighted by molar-refractivity contribution is 6.07. The molecule has 1 saturated carbocycles. The van der Waals surface area contributed by atoms with Crippen LogP contribution in [0.25, 0.3) is 0 Å². The van der Waals surface area contributed by atoms with E-state index in [1.165, 1.54) is 10.5 Å². The van der Waals surface area contributed by atoms with E-state index < -0.39 is 5.54 Å². The van der Waals surface area contributed by atoms with Crippen LogP contribution in [0, 0.1) is 11.8 Å². The molecular formula is C25H34N4O3. The zero-order valence-corrected chi connectivity index (χ0v) is 19.0. The number of amides is 4. The minimum absolute atomic E-state index is 0.0794. The first kappa shape index (κ1) is 21.4. The Morgan fingerprint density at radius 3 is 2.53 bits per heavy atom. The van der Waals surface area contributed by atoms with E-state index in [1.807, 2.05) is 11.0 Å². The molecule has 0 aromatic heterocycles. The van der Waals surface area contributed by atoms with E-state index in [2.05, 4.69) is 41.4 Å². The van der Waals surface area contributed by atoms with Crippen molar-refractivity contribution >= 4 is 17.8 Å². The minimum Gasteiger partial charge on any atom is -0.340 e. The van der Waals surface area contributed by atoms with Crippen molar-refractivity contribution in [2.24, 2.45) is 11.8 Å². The van der Waals surface area contributed by atoms with Crippen molar-refractivity contribution in [2.75, 3.05) is 32.7 Å². The Labute approximate surface area is 190 Å². The van der Waals surface area contributed by atoms with E-state index in [-0.39, 0.29) is 29.8 Å². The van der Waals surface area contributed by atoms with E-state index in [0.717, 1.165) is 51.9 Å². The Bertz CT molecular complexity index is 880. The predicted molar refractivity (Wildman–Crippen MR) is 121 cm³/mol. The van der Waals surface area contributed by atoms with Crippen LogP contribution in [-0.4, -0.2) is 76.8 Å². The number of urea groups is 1. The van der Waals surface area contributed by atoms with E-state index in [0.29, 0.717) is 25.3 Å². The van der Waals surface area contributed by atoms with Crippen molar-refractivity contribution in [1.82, 2.24) is 20.0 Å². The van der Waals surface area contributed by atoms with E-state index in [4.69, 9.17) is 0 Å². The van der Waals surface area contributed by atoms with Crippen LogP contribution in [0.1, 0.15) is 44.6 Å². The number of piperidine rings is 2. The molecule has 1 aromatic carbocycles. The molecule has 4 fully saturated rings. The summed E-state index contributed by atoms with van der Waals surface area (Å²) in [7, 11) is 0. The molecular weight excluding hydrogens is 404 g/mol. The summed E-state index contributed by atoms with van der Waals surface area (Å²) < 4.78 is 0. The van der Waals surface area contributed by atoms with Gasteiger partial charge in [-0.1, -0.05) is 37.3 Å². The Balaban J connectivity index is 1.18. The Morgan fingerprint density at radius 2 is 1.84 bits per heavy atom. The van der Waals surface area contributed by atoms with E-state index in [1.54, 1.807) is 0 Å². The molecule has 7 heteroatoms. The van der Waals surface area contributed by atoms with Crippen molar-refractivity contribution in [2.45, 2.75) is 57.0 Å². The Kier molecular flexibility index (Phi) is 5.70. The number of benzene rings is 1. The average Bonchev–Trinajstić information content (AvgIpc) is 3.49. The summed E-state index contributed by atoms with van der Waals surface area (Å²) in [6.45, 7) is 5.91. The second-order valence-corrected chi connectivity index (χ2v) is 10.2. The maximum atomic E-state index is 13.5. The molecule has 1 aliphatic carbocycles. The molecule has 7 nitrogen and oxygen atoms in total. The van der Waals surface area contributed by atoms with Gasteiger partial charge < -0.3 is 15.1 Å². The van der Waals surface area contributed by atoms with Gasteiger partial charge in [-0.15, -0.1) is 0 Å². The van der Waals surface area contributed by atoms with Gasteiger partial charge >= 0.3 is 6.03 Å². The highest BCUT2D eigenvalue weighted by atomic mass is 16.2. The van der Waals surface area contributed by atoms with Gasteiger partial charge in [-0.25, -0.2) is 4.79 Å². The van der Waals surface area contributed by atoms with Crippen LogP contribution >= 0.6 is 0 Å². The molecule has 5 rings (SSSR count). The van der Waals surface area contributed by atoms with Crippen LogP contribution in [0.15, 0.2) is 30.3 Å².